The van der Waals surface area contributed by atoms with Gasteiger partial charge in [0, 0.05) is 24.5 Å². The van der Waals surface area contributed by atoms with Crippen LogP contribution in [0.3, 0.4) is 0 Å². The van der Waals surface area contributed by atoms with E-state index >= 15 is 0 Å². The second-order valence-electron chi connectivity index (χ2n) is 9.86. The topological polar surface area (TPSA) is 109 Å². The van der Waals surface area contributed by atoms with Gasteiger partial charge in [-0.1, -0.05) is 0 Å². The summed E-state index contributed by atoms with van der Waals surface area (Å²) in [5, 5.41) is 8.38. The van der Waals surface area contributed by atoms with Crippen LogP contribution >= 0.6 is 0 Å². The summed E-state index contributed by atoms with van der Waals surface area (Å²) < 4.78 is 25.3. The number of carbonyl (C=O) groups is 3. The maximum atomic E-state index is 13.4. The average Bonchev–Trinajstić information content (AvgIpc) is 2.85. The van der Waals surface area contributed by atoms with Gasteiger partial charge in [0.1, 0.15) is 24.3 Å². The standard InChI is InChI=1S/C27H31FN4O5/c1-32-22-11-10-20(14-25(33)29-17-3-2-4-17)37-24(22)15-36-23-12-9-19(13-21(23)26(32)34)31-27(35)30-18-7-5-16(28)6-8-18/h5-9,12-13,17,20,22,24H,2-4,10-11,14-15H2,1H3,(H,29,33)(H2,30,31,35)/t20-,22+,24+/m1/s1. The van der Waals surface area contributed by atoms with E-state index in [4.69, 9.17) is 9.47 Å². The van der Waals surface area contributed by atoms with Gasteiger partial charge in [-0.2, -0.15) is 0 Å². The Morgan fingerprint density at radius 1 is 1.03 bits per heavy atom. The van der Waals surface area contributed by atoms with Crippen LogP contribution < -0.4 is 20.7 Å². The summed E-state index contributed by atoms with van der Waals surface area (Å²) in [5.74, 6) is -0.227. The van der Waals surface area contributed by atoms with Gasteiger partial charge in [0.25, 0.3) is 5.91 Å². The van der Waals surface area contributed by atoms with Gasteiger partial charge in [0.05, 0.1) is 24.1 Å². The molecular weight excluding hydrogens is 479 g/mol. The molecule has 2 fully saturated rings. The van der Waals surface area contributed by atoms with Crippen LogP contribution in [-0.4, -0.2) is 60.7 Å². The van der Waals surface area contributed by atoms with Gasteiger partial charge < -0.3 is 30.3 Å². The predicted molar refractivity (Wildman–Crippen MR) is 135 cm³/mol. The van der Waals surface area contributed by atoms with Crippen LogP contribution in [0.15, 0.2) is 42.5 Å². The van der Waals surface area contributed by atoms with Crippen LogP contribution in [0.4, 0.5) is 20.6 Å². The number of urea groups is 1. The lowest BCUT2D eigenvalue weighted by atomic mass is 9.92. The van der Waals surface area contributed by atoms with Crippen LogP contribution in [0.5, 0.6) is 5.75 Å². The number of nitrogens with zero attached hydrogens (tertiary/aromatic N) is 1. The molecule has 3 N–H and O–H groups in total. The highest BCUT2D eigenvalue weighted by atomic mass is 19.1. The number of rotatable bonds is 5. The molecule has 2 aromatic rings. The monoisotopic (exact) mass is 510 g/mol. The van der Waals surface area contributed by atoms with E-state index in [-0.39, 0.29) is 36.7 Å². The van der Waals surface area contributed by atoms with Crippen molar-refractivity contribution in [2.24, 2.45) is 0 Å². The number of anilines is 2. The molecule has 0 unspecified atom stereocenters. The molecule has 3 atom stereocenters. The number of amides is 4. The van der Waals surface area contributed by atoms with Gasteiger partial charge in [-0.15, -0.1) is 0 Å². The van der Waals surface area contributed by atoms with E-state index in [0.717, 1.165) is 19.3 Å². The third-order valence-corrected chi connectivity index (χ3v) is 7.26. The normalized spacial score (nSPS) is 23.4. The summed E-state index contributed by atoms with van der Waals surface area (Å²) in [5.41, 5.74) is 1.19. The molecule has 3 aliphatic rings. The van der Waals surface area contributed by atoms with Crippen LogP contribution in [0.25, 0.3) is 0 Å². The molecule has 5 rings (SSSR count). The number of likely N-dealkylation sites (N-methyl/N-ethyl adjacent to an activating group) is 1. The summed E-state index contributed by atoms with van der Waals surface area (Å²) in [6, 6.07) is 9.86. The number of carbonyl (C=O) groups excluding carboxylic acids is 3. The van der Waals surface area contributed by atoms with Gasteiger partial charge in [-0.25, -0.2) is 9.18 Å². The molecule has 37 heavy (non-hydrogen) atoms. The molecule has 0 bridgehead atoms. The van der Waals surface area contributed by atoms with Crippen molar-refractivity contribution in [1.29, 1.82) is 0 Å². The Kier molecular flexibility index (Phi) is 7.27. The Balaban J connectivity index is 1.23. The van der Waals surface area contributed by atoms with Crippen molar-refractivity contribution < 1.29 is 28.2 Å². The molecule has 0 spiro atoms. The summed E-state index contributed by atoms with van der Waals surface area (Å²) in [7, 11) is 1.74. The zero-order chi connectivity index (χ0) is 25.9. The number of hydrogen-bond donors (Lipinski definition) is 3. The molecule has 1 aliphatic carbocycles. The highest BCUT2D eigenvalue weighted by molar-refractivity contribution is 6.02. The third kappa shape index (κ3) is 5.85. The second kappa shape index (κ2) is 10.8. The Hall–Kier alpha value is -3.66. The van der Waals surface area contributed by atoms with Crippen LogP contribution in [0.1, 0.15) is 48.9 Å². The van der Waals surface area contributed by atoms with E-state index < -0.39 is 11.8 Å². The fourth-order valence-electron chi connectivity index (χ4n) is 4.98. The molecule has 1 saturated carbocycles. The smallest absolute Gasteiger partial charge is 0.323 e. The summed E-state index contributed by atoms with van der Waals surface area (Å²) in [6.07, 6.45) is 4.36. The third-order valence-electron chi connectivity index (χ3n) is 7.26. The predicted octanol–water partition coefficient (Wildman–Crippen LogP) is 3.91. The van der Waals surface area contributed by atoms with Gasteiger partial charge >= 0.3 is 6.03 Å². The second-order valence-corrected chi connectivity index (χ2v) is 9.86. The van der Waals surface area contributed by atoms with Crippen molar-refractivity contribution in [3.8, 4) is 5.75 Å². The van der Waals surface area contributed by atoms with E-state index in [2.05, 4.69) is 16.0 Å². The van der Waals surface area contributed by atoms with Crippen molar-refractivity contribution in [2.45, 2.75) is 62.8 Å². The number of fused-ring (bicyclic) bond motifs is 2. The Morgan fingerprint density at radius 2 is 1.76 bits per heavy atom. The van der Waals surface area contributed by atoms with E-state index in [1.807, 2.05) is 0 Å². The Morgan fingerprint density at radius 3 is 2.49 bits per heavy atom. The molecule has 1 saturated heterocycles. The zero-order valence-electron chi connectivity index (χ0n) is 20.7. The SMILES string of the molecule is CN1C(=O)c2cc(NC(=O)Nc3ccc(F)cc3)ccc2OC[C@@H]2O[C@@H](CC(=O)NC3CCC3)CC[C@@H]21. The zero-order valence-corrected chi connectivity index (χ0v) is 20.7. The molecular formula is C27H31FN4O5. The van der Waals surface area contributed by atoms with Crippen molar-refractivity contribution in [1.82, 2.24) is 10.2 Å². The number of benzene rings is 2. The minimum Gasteiger partial charge on any atom is -0.490 e. The maximum Gasteiger partial charge on any atom is 0.323 e. The lowest BCUT2D eigenvalue weighted by molar-refractivity contribution is -0.135. The van der Waals surface area contributed by atoms with Gasteiger partial charge in [-0.3, -0.25) is 9.59 Å². The first-order chi connectivity index (χ1) is 17.9. The minimum absolute atomic E-state index is 0.0122. The summed E-state index contributed by atoms with van der Waals surface area (Å²) in [6.45, 7) is 0.244. The molecule has 9 nitrogen and oxygen atoms in total. The highest BCUT2D eigenvalue weighted by Gasteiger charge is 2.39. The largest absolute Gasteiger partial charge is 0.490 e. The average molecular weight is 511 g/mol. The first kappa shape index (κ1) is 25.0. The fourth-order valence-corrected chi connectivity index (χ4v) is 4.98. The van der Waals surface area contributed by atoms with Gasteiger partial charge in [-0.05, 0) is 74.6 Å². The lowest BCUT2D eigenvalue weighted by Gasteiger charge is -2.42. The summed E-state index contributed by atoms with van der Waals surface area (Å²) in [4.78, 5) is 39.8. The number of halogens is 1. The van der Waals surface area contributed by atoms with E-state index in [1.54, 1.807) is 30.1 Å². The Labute approximate surface area is 214 Å². The minimum atomic E-state index is -0.521. The number of ether oxygens (including phenoxy) is 2. The molecule has 0 radical (unpaired) electrons. The van der Waals surface area contributed by atoms with E-state index in [9.17, 15) is 18.8 Å². The quantitative estimate of drug-likeness (QED) is 0.565. The van der Waals surface area contributed by atoms with Crippen LogP contribution in [0.2, 0.25) is 0 Å². The molecule has 2 heterocycles. The number of hydrogen-bond acceptors (Lipinski definition) is 5. The molecule has 2 aromatic carbocycles. The molecule has 4 amide bonds. The number of nitrogens with one attached hydrogen (secondary N) is 3. The highest BCUT2D eigenvalue weighted by Crippen LogP contribution is 2.32. The summed E-state index contributed by atoms with van der Waals surface area (Å²) >= 11 is 0. The maximum absolute atomic E-state index is 13.4. The van der Waals surface area contributed by atoms with Gasteiger partial charge in [0.2, 0.25) is 5.91 Å². The van der Waals surface area contributed by atoms with E-state index in [1.165, 1.54) is 24.3 Å². The first-order valence-electron chi connectivity index (χ1n) is 12.7. The molecule has 0 aromatic heterocycles. The molecule has 196 valence electrons. The first-order valence-corrected chi connectivity index (χ1v) is 12.7. The van der Waals surface area contributed by atoms with Crippen molar-refractivity contribution in [3.63, 3.8) is 0 Å². The molecule has 2 aliphatic heterocycles. The van der Waals surface area contributed by atoms with Crippen molar-refractivity contribution >= 4 is 29.2 Å². The fraction of sp³-hybridized carbons (Fsp3) is 0.444. The van der Waals surface area contributed by atoms with E-state index in [0.29, 0.717) is 48.0 Å². The Bertz CT molecular complexity index is 1170. The van der Waals surface area contributed by atoms with Crippen molar-refractivity contribution in [2.75, 3.05) is 24.3 Å². The van der Waals surface area contributed by atoms with Gasteiger partial charge in [0.15, 0.2) is 0 Å². The molecule has 10 heteroatoms. The van der Waals surface area contributed by atoms with Crippen LogP contribution in [0, 0.1) is 5.82 Å². The lowest BCUT2D eigenvalue weighted by Crippen LogP contribution is -2.54. The van der Waals surface area contributed by atoms with Crippen LogP contribution in [-0.2, 0) is 9.53 Å². The van der Waals surface area contributed by atoms with Crippen molar-refractivity contribution in [3.05, 3.63) is 53.8 Å².